The third-order valence-corrected chi connectivity index (χ3v) is 7.00. The van der Waals surface area contributed by atoms with Gasteiger partial charge in [0.15, 0.2) is 0 Å². The number of piperazine rings is 1. The first kappa shape index (κ1) is 20.0. The number of benzene rings is 2. The highest BCUT2D eigenvalue weighted by atomic mass is 32.2. The maximum Gasteiger partial charge on any atom is 0.242 e. The molecule has 6 heteroatoms. The van der Waals surface area contributed by atoms with Crippen molar-refractivity contribution in [2.24, 2.45) is 0 Å². The average Bonchev–Trinajstić information content (AvgIpc) is 2.68. The van der Waals surface area contributed by atoms with Crippen molar-refractivity contribution >= 4 is 10.0 Å². The molecule has 3 rings (SSSR count). The quantitative estimate of drug-likeness (QED) is 0.828. The molecule has 1 saturated heterocycles. The zero-order chi connectivity index (χ0) is 19.4. The Labute approximate surface area is 163 Å². The van der Waals surface area contributed by atoms with Crippen LogP contribution < -0.4 is 5.32 Å². The minimum absolute atomic E-state index is 0.291. The van der Waals surface area contributed by atoms with Gasteiger partial charge in [0, 0.05) is 46.3 Å². The lowest BCUT2D eigenvalue weighted by molar-refractivity contribution is 0.153. The van der Waals surface area contributed by atoms with Crippen molar-refractivity contribution in [3.8, 4) is 0 Å². The lowest BCUT2D eigenvalue weighted by Crippen LogP contribution is -2.45. The summed E-state index contributed by atoms with van der Waals surface area (Å²) in [4.78, 5) is 2.78. The van der Waals surface area contributed by atoms with E-state index in [0.29, 0.717) is 10.9 Å². The van der Waals surface area contributed by atoms with Crippen LogP contribution in [-0.2, 0) is 23.0 Å². The van der Waals surface area contributed by atoms with Crippen LogP contribution in [0.15, 0.2) is 53.4 Å². The second-order valence-corrected chi connectivity index (χ2v) is 9.37. The van der Waals surface area contributed by atoms with Crippen LogP contribution in [0.4, 0.5) is 0 Å². The van der Waals surface area contributed by atoms with E-state index in [-0.39, 0.29) is 0 Å². The number of hydrogen-bond acceptors (Lipinski definition) is 4. The molecule has 0 spiro atoms. The summed E-state index contributed by atoms with van der Waals surface area (Å²) in [6.45, 7) is 5.68. The Balaban J connectivity index is 1.82. The van der Waals surface area contributed by atoms with Crippen molar-refractivity contribution in [3.05, 3.63) is 65.2 Å². The van der Waals surface area contributed by atoms with Gasteiger partial charge >= 0.3 is 0 Å². The smallest absolute Gasteiger partial charge is 0.242 e. The topological polar surface area (TPSA) is 52.7 Å². The average molecular weight is 388 g/mol. The molecule has 1 heterocycles. The molecule has 0 aromatic heterocycles. The Hall–Kier alpha value is -1.73. The third-order valence-electron chi connectivity index (χ3n) is 5.19. The molecular formula is C21H29N3O2S. The van der Waals surface area contributed by atoms with Gasteiger partial charge in [-0.1, -0.05) is 43.3 Å². The van der Waals surface area contributed by atoms with E-state index in [4.69, 9.17) is 0 Å². The molecule has 1 atom stereocenters. The first-order chi connectivity index (χ1) is 12.9. The van der Waals surface area contributed by atoms with E-state index >= 15 is 0 Å². The Kier molecular flexibility index (Phi) is 6.32. The molecule has 1 fully saturated rings. The van der Waals surface area contributed by atoms with Crippen LogP contribution in [0.5, 0.6) is 0 Å². The maximum absolute atomic E-state index is 12.4. The Morgan fingerprint density at radius 1 is 1.11 bits per heavy atom. The molecule has 0 saturated carbocycles. The Morgan fingerprint density at radius 3 is 2.52 bits per heavy atom. The van der Waals surface area contributed by atoms with Gasteiger partial charge < -0.3 is 5.32 Å². The van der Waals surface area contributed by atoms with E-state index in [1.807, 2.05) is 12.1 Å². The van der Waals surface area contributed by atoms with Crippen molar-refractivity contribution in [2.75, 3.05) is 33.7 Å². The van der Waals surface area contributed by atoms with Crippen molar-refractivity contribution in [1.29, 1.82) is 0 Å². The van der Waals surface area contributed by atoms with E-state index in [9.17, 15) is 8.42 Å². The SMILES string of the molecule is CCc1ccc(C2CNCCN2Cc2cccc(S(=O)(=O)N(C)C)c2)cc1. The number of sulfonamides is 1. The zero-order valence-electron chi connectivity index (χ0n) is 16.4. The number of nitrogens with zero attached hydrogens (tertiary/aromatic N) is 2. The van der Waals surface area contributed by atoms with Crippen LogP contribution in [-0.4, -0.2) is 51.4 Å². The second kappa shape index (κ2) is 8.52. The summed E-state index contributed by atoms with van der Waals surface area (Å²) in [5, 5.41) is 3.48. The highest BCUT2D eigenvalue weighted by Crippen LogP contribution is 2.25. The largest absolute Gasteiger partial charge is 0.314 e. The van der Waals surface area contributed by atoms with E-state index in [0.717, 1.165) is 38.2 Å². The highest BCUT2D eigenvalue weighted by molar-refractivity contribution is 7.89. The molecule has 0 radical (unpaired) electrons. The molecule has 1 aliphatic rings. The van der Waals surface area contributed by atoms with Crippen LogP contribution in [0, 0.1) is 0 Å². The summed E-state index contributed by atoms with van der Waals surface area (Å²) in [7, 11) is -0.284. The number of rotatable bonds is 6. The fraction of sp³-hybridized carbons (Fsp3) is 0.429. The van der Waals surface area contributed by atoms with Crippen LogP contribution in [0.2, 0.25) is 0 Å². The summed E-state index contributed by atoms with van der Waals surface area (Å²) in [5.41, 5.74) is 3.67. The minimum atomic E-state index is -3.41. The summed E-state index contributed by atoms with van der Waals surface area (Å²) >= 11 is 0. The molecule has 5 nitrogen and oxygen atoms in total. The molecule has 2 aromatic rings. The monoisotopic (exact) mass is 387 g/mol. The van der Waals surface area contributed by atoms with Crippen molar-refractivity contribution in [2.45, 2.75) is 30.8 Å². The fourth-order valence-corrected chi connectivity index (χ4v) is 4.46. The molecule has 0 aliphatic carbocycles. The standard InChI is InChI=1S/C21H29N3O2S/c1-4-17-8-10-19(11-9-17)21-15-22-12-13-24(21)16-18-6-5-7-20(14-18)27(25,26)23(2)3/h5-11,14,21-22H,4,12-13,15-16H2,1-3H3. The normalized spacial score (nSPS) is 18.7. The highest BCUT2D eigenvalue weighted by Gasteiger charge is 2.24. The molecule has 1 N–H and O–H groups in total. The third kappa shape index (κ3) is 4.58. The molecule has 27 heavy (non-hydrogen) atoms. The molecule has 2 aromatic carbocycles. The summed E-state index contributed by atoms with van der Waals surface area (Å²) in [6.07, 6.45) is 1.04. The Morgan fingerprint density at radius 2 is 1.85 bits per heavy atom. The van der Waals surface area contributed by atoms with E-state index in [1.54, 1.807) is 26.2 Å². The van der Waals surface area contributed by atoms with Gasteiger partial charge in [-0.25, -0.2) is 12.7 Å². The van der Waals surface area contributed by atoms with Crippen LogP contribution >= 0.6 is 0 Å². The summed E-state index contributed by atoms with van der Waals surface area (Å²) in [5.74, 6) is 0. The van der Waals surface area contributed by atoms with Crippen molar-refractivity contribution in [1.82, 2.24) is 14.5 Å². The molecule has 0 amide bonds. The van der Waals surface area contributed by atoms with Gasteiger partial charge in [0.2, 0.25) is 10.0 Å². The Bertz CT molecular complexity index is 863. The lowest BCUT2D eigenvalue weighted by Gasteiger charge is -2.36. The minimum Gasteiger partial charge on any atom is -0.314 e. The first-order valence-electron chi connectivity index (χ1n) is 9.47. The van der Waals surface area contributed by atoms with Crippen LogP contribution in [0.25, 0.3) is 0 Å². The molecule has 1 aliphatic heterocycles. The zero-order valence-corrected chi connectivity index (χ0v) is 17.2. The van der Waals surface area contributed by atoms with Gasteiger partial charge in [-0.05, 0) is 35.2 Å². The molecule has 1 unspecified atom stereocenters. The number of hydrogen-bond donors (Lipinski definition) is 1. The summed E-state index contributed by atoms with van der Waals surface area (Å²) in [6, 6.07) is 16.4. The van der Waals surface area contributed by atoms with E-state index in [1.165, 1.54) is 15.4 Å². The van der Waals surface area contributed by atoms with Gasteiger partial charge in [0.05, 0.1) is 4.90 Å². The second-order valence-electron chi connectivity index (χ2n) is 7.22. The van der Waals surface area contributed by atoms with Crippen molar-refractivity contribution in [3.63, 3.8) is 0 Å². The van der Waals surface area contributed by atoms with Gasteiger partial charge in [-0.2, -0.15) is 0 Å². The number of nitrogens with one attached hydrogen (secondary N) is 1. The summed E-state index contributed by atoms with van der Waals surface area (Å²) < 4.78 is 26.1. The van der Waals surface area contributed by atoms with Crippen LogP contribution in [0.3, 0.4) is 0 Å². The van der Waals surface area contributed by atoms with E-state index in [2.05, 4.69) is 41.4 Å². The first-order valence-corrected chi connectivity index (χ1v) is 10.9. The van der Waals surface area contributed by atoms with Gasteiger partial charge in [0.25, 0.3) is 0 Å². The van der Waals surface area contributed by atoms with Gasteiger partial charge in [0.1, 0.15) is 0 Å². The molecular weight excluding hydrogens is 358 g/mol. The van der Waals surface area contributed by atoms with Gasteiger partial charge in [-0.3, -0.25) is 4.90 Å². The molecule has 146 valence electrons. The molecule has 0 bridgehead atoms. The van der Waals surface area contributed by atoms with Crippen molar-refractivity contribution < 1.29 is 8.42 Å². The fourth-order valence-electron chi connectivity index (χ4n) is 3.49. The lowest BCUT2D eigenvalue weighted by atomic mass is 10.0. The predicted octanol–water partition coefficient (Wildman–Crippen LogP) is 2.65. The van der Waals surface area contributed by atoms with Crippen LogP contribution in [0.1, 0.15) is 29.7 Å². The predicted molar refractivity (Wildman–Crippen MR) is 109 cm³/mol. The van der Waals surface area contributed by atoms with Gasteiger partial charge in [-0.15, -0.1) is 0 Å². The maximum atomic E-state index is 12.4. The van der Waals surface area contributed by atoms with E-state index < -0.39 is 10.0 Å². The number of aryl methyl sites for hydroxylation is 1.